The molecule has 0 radical (unpaired) electrons. The molecule has 35 heavy (non-hydrogen) atoms. The minimum absolute atomic E-state index is 0.722. The molecule has 0 atom stereocenters. The van der Waals surface area contributed by atoms with E-state index in [0.29, 0.717) is 0 Å². The van der Waals surface area contributed by atoms with E-state index in [4.69, 9.17) is 20.9 Å². The molecular weight excluding hydrogens is 440 g/mol. The Morgan fingerprint density at radius 3 is 2.49 bits per heavy atom. The molecule has 2 aromatic carbocycles. The number of terminal acetylenes is 1. The summed E-state index contributed by atoms with van der Waals surface area (Å²) in [5, 5.41) is 7.65. The van der Waals surface area contributed by atoms with Crippen LogP contribution in [0.4, 0.5) is 11.4 Å². The van der Waals surface area contributed by atoms with Crippen molar-refractivity contribution in [1.82, 2.24) is 25.1 Å². The average Bonchev–Trinajstić information content (AvgIpc) is 3.33. The smallest absolute Gasteiger partial charge is 0.124 e. The van der Waals surface area contributed by atoms with E-state index in [1.54, 1.807) is 31.3 Å². The summed E-state index contributed by atoms with van der Waals surface area (Å²) in [5.41, 5.74) is 5.35. The van der Waals surface area contributed by atoms with Crippen LogP contribution in [0.1, 0.15) is 12.8 Å². The van der Waals surface area contributed by atoms with Crippen molar-refractivity contribution in [3.8, 4) is 35.1 Å². The number of nitrogens with zero attached hydrogens (tertiary/aromatic N) is 5. The van der Waals surface area contributed by atoms with E-state index < -0.39 is 0 Å². The standard InChI is InChI=1S/C27H30N6O2/c1-5-6-10-28-11-7-12-33(22-13-23(34-3)16-24(14-22)35-4)21-8-9-25-26(15-21)31-27(18-29-25)20-17-30-32(2)19-20/h1,8-9,13-19,28H,6-7,10-12H2,2-4H3. The Kier molecular flexibility index (Phi) is 7.81. The zero-order valence-corrected chi connectivity index (χ0v) is 20.4. The number of ether oxygens (including phenoxy) is 2. The topological polar surface area (TPSA) is 77.3 Å². The molecule has 8 nitrogen and oxygen atoms in total. The van der Waals surface area contributed by atoms with Crippen molar-refractivity contribution in [3.63, 3.8) is 0 Å². The van der Waals surface area contributed by atoms with Gasteiger partial charge in [-0.25, -0.2) is 4.98 Å². The fourth-order valence-electron chi connectivity index (χ4n) is 3.86. The van der Waals surface area contributed by atoms with Gasteiger partial charge < -0.3 is 19.7 Å². The molecule has 0 spiro atoms. The summed E-state index contributed by atoms with van der Waals surface area (Å²) in [6.45, 7) is 2.45. The first-order valence-corrected chi connectivity index (χ1v) is 11.5. The third-order valence-corrected chi connectivity index (χ3v) is 5.67. The van der Waals surface area contributed by atoms with Gasteiger partial charge >= 0.3 is 0 Å². The van der Waals surface area contributed by atoms with Gasteiger partial charge in [0, 0.05) is 67.9 Å². The summed E-state index contributed by atoms with van der Waals surface area (Å²) in [6, 6.07) is 12.0. The van der Waals surface area contributed by atoms with Crippen LogP contribution in [-0.4, -0.2) is 53.6 Å². The molecule has 0 amide bonds. The largest absolute Gasteiger partial charge is 0.497 e. The van der Waals surface area contributed by atoms with Gasteiger partial charge in [0.25, 0.3) is 0 Å². The maximum Gasteiger partial charge on any atom is 0.124 e. The second-order valence-corrected chi connectivity index (χ2v) is 8.11. The number of methoxy groups -OCH3 is 2. The van der Waals surface area contributed by atoms with Crippen LogP contribution in [-0.2, 0) is 7.05 Å². The average molecular weight is 471 g/mol. The van der Waals surface area contributed by atoms with Crippen LogP contribution in [0.25, 0.3) is 22.3 Å². The van der Waals surface area contributed by atoms with Gasteiger partial charge in [-0.3, -0.25) is 9.67 Å². The summed E-state index contributed by atoms with van der Waals surface area (Å²) < 4.78 is 12.8. The van der Waals surface area contributed by atoms with Gasteiger partial charge in [-0.2, -0.15) is 5.10 Å². The Hall–Kier alpha value is -4.09. The number of hydrogen-bond acceptors (Lipinski definition) is 7. The summed E-state index contributed by atoms with van der Waals surface area (Å²) in [4.78, 5) is 11.7. The molecule has 2 heterocycles. The van der Waals surface area contributed by atoms with Gasteiger partial charge in [-0.1, -0.05) is 0 Å². The predicted octanol–water partition coefficient (Wildman–Crippen LogP) is 4.19. The molecule has 0 fully saturated rings. The zero-order valence-electron chi connectivity index (χ0n) is 20.4. The van der Waals surface area contributed by atoms with Gasteiger partial charge in [-0.05, 0) is 31.2 Å². The number of nitrogens with one attached hydrogen (secondary N) is 1. The third-order valence-electron chi connectivity index (χ3n) is 5.67. The third kappa shape index (κ3) is 5.89. The highest BCUT2D eigenvalue weighted by Gasteiger charge is 2.14. The molecule has 2 aromatic heterocycles. The lowest BCUT2D eigenvalue weighted by atomic mass is 10.1. The lowest BCUT2D eigenvalue weighted by Gasteiger charge is -2.26. The predicted molar refractivity (Wildman–Crippen MR) is 139 cm³/mol. The van der Waals surface area contributed by atoms with Crippen LogP contribution in [0, 0.1) is 12.3 Å². The molecular formula is C27H30N6O2. The van der Waals surface area contributed by atoms with E-state index in [-0.39, 0.29) is 0 Å². The second-order valence-electron chi connectivity index (χ2n) is 8.11. The van der Waals surface area contributed by atoms with E-state index >= 15 is 0 Å². The Balaban J connectivity index is 1.68. The number of fused-ring (bicyclic) bond motifs is 1. The summed E-state index contributed by atoms with van der Waals surface area (Å²) in [7, 11) is 5.20. The van der Waals surface area contributed by atoms with Crippen molar-refractivity contribution in [2.75, 3.05) is 38.8 Å². The molecule has 0 saturated carbocycles. The van der Waals surface area contributed by atoms with E-state index in [0.717, 1.165) is 77.6 Å². The number of anilines is 2. The molecule has 4 aromatic rings. The lowest BCUT2D eigenvalue weighted by Crippen LogP contribution is -2.24. The van der Waals surface area contributed by atoms with Crippen LogP contribution >= 0.6 is 0 Å². The molecule has 4 rings (SSSR count). The van der Waals surface area contributed by atoms with Gasteiger partial charge in [0.15, 0.2) is 0 Å². The highest BCUT2D eigenvalue weighted by atomic mass is 16.5. The van der Waals surface area contributed by atoms with Crippen LogP contribution in [0.15, 0.2) is 55.0 Å². The summed E-state index contributed by atoms with van der Waals surface area (Å²) in [6.07, 6.45) is 12.5. The van der Waals surface area contributed by atoms with Crippen molar-refractivity contribution in [1.29, 1.82) is 0 Å². The van der Waals surface area contributed by atoms with Crippen molar-refractivity contribution in [3.05, 3.63) is 55.0 Å². The molecule has 0 aliphatic carbocycles. The van der Waals surface area contributed by atoms with Crippen LogP contribution in [0.2, 0.25) is 0 Å². The molecule has 8 heteroatoms. The molecule has 0 bridgehead atoms. The van der Waals surface area contributed by atoms with Crippen molar-refractivity contribution < 1.29 is 9.47 Å². The van der Waals surface area contributed by atoms with Crippen molar-refractivity contribution in [2.45, 2.75) is 12.8 Å². The minimum atomic E-state index is 0.722. The number of rotatable bonds is 11. The monoisotopic (exact) mass is 470 g/mol. The van der Waals surface area contributed by atoms with Crippen molar-refractivity contribution >= 4 is 22.4 Å². The molecule has 0 aliphatic heterocycles. The normalized spacial score (nSPS) is 10.8. The fourth-order valence-corrected chi connectivity index (χ4v) is 3.86. The zero-order chi connectivity index (χ0) is 24.6. The summed E-state index contributed by atoms with van der Waals surface area (Å²) in [5.74, 6) is 4.12. The molecule has 1 N–H and O–H groups in total. The minimum Gasteiger partial charge on any atom is -0.497 e. The van der Waals surface area contributed by atoms with E-state index in [1.807, 2.05) is 37.5 Å². The van der Waals surface area contributed by atoms with E-state index in [1.165, 1.54) is 0 Å². The van der Waals surface area contributed by atoms with Gasteiger partial charge in [0.05, 0.1) is 43.3 Å². The van der Waals surface area contributed by atoms with E-state index in [9.17, 15) is 0 Å². The number of benzene rings is 2. The number of aryl methyl sites for hydroxylation is 1. The Labute approximate surface area is 205 Å². The van der Waals surface area contributed by atoms with Crippen LogP contribution in [0.5, 0.6) is 11.5 Å². The molecule has 0 aliphatic rings. The SMILES string of the molecule is C#CCCNCCCN(c1cc(OC)cc(OC)c1)c1ccc2ncc(-c3cnn(C)c3)nc2c1. The first-order chi connectivity index (χ1) is 17.1. The fraction of sp³-hybridized carbons (Fsp3) is 0.296. The summed E-state index contributed by atoms with van der Waals surface area (Å²) >= 11 is 0. The Bertz CT molecular complexity index is 1300. The van der Waals surface area contributed by atoms with Gasteiger partial charge in [0.2, 0.25) is 0 Å². The maximum absolute atomic E-state index is 5.52. The van der Waals surface area contributed by atoms with Crippen LogP contribution < -0.4 is 19.7 Å². The number of hydrogen-bond donors (Lipinski definition) is 1. The highest BCUT2D eigenvalue weighted by Crippen LogP contribution is 2.34. The van der Waals surface area contributed by atoms with E-state index in [2.05, 4.69) is 38.4 Å². The second kappa shape index (κ2) is 11.4. The lowest BCUT2D eigenvalue weighted by molar-refractivity contribution is 0.394. The number of aromatic nitrogens is 4. The molecule has 180 valence electrons. The molecule has 0 unspecified atom stereocenters. The maximum atomic E-state index is 5.52. The van der Waals surface area contributed by atoms with Crippen molar-refractivity contribution in [2.24, 2.45) is 7.05 Å². The quantitative estimate of drug-likeness (QED) is 0.260. The first kappa shape index (κ1) is 24.0. The first-order valence-electron chi connectivity index (χ1n) is 11.5. The Morgan fingerprint density at radius 1 is 1.00 bits per heavy atom. The van der Waals surface area contributed by atoms with Gasteiger partial charge in [-0.15, -0.1) is 12.3 Å². The Morgan fingerprint density at radius 2 is 1.80 bits per heavy atom. The highest BCUT2D eigenvalue weighted by molar-refractivity contribution is 5.82. The van der Waals surface area contributed by atoms with Gasteiger partial charge in [0.1, 0.15) is 11.5 Å². The molecule has 0 saturated heterocycles. The van der Waals surface area contributed by atoms with Crippen LogP contribution in [0.3, 0.4) is 0 Å².